The number of allylic oxidation sites excluding steroid dienone is 1. The second kappa shape index (κ2) is 3.55. The van der Waals surface area contributed by atoms with Crippen LogP contribution < -0.4 is 0 Å². The van der Waals surface area contributed by atoms with Gasteiger partial charge in [0.05, 0.1) is 0 Å². The lowest BCUT2D eigenvalue weighted by atomic mass is 9.84. The van der Waals surface area contributed by atoms with Gasteiger partial charge in [-0.3, -0.25) is 4.79 Å². The van der Waals surface area contributed by atoms with Gasteiger partial charge in [0.2, 0.25) is 0 Å². The van der Waals surface area contributed by atoms with Crippen LogP contribution in [0, 0.1) is 5.41 Å². The number of rotatable bonds is 4. The number of hydrogen-bond donors (Lipinski definition) is 0. The predicted molar refractivity (Wildman–Crippen MR) is 43.9 cm³/mol. The molecule has 10 heavy (non-hydrogen) atoms. The maximum atomic E-state index is 11.2. The summed E-state index contributed by atoms with van der Waals surface area (Å²) in [7, 11) is 0. The molecule has 0 rings (SSSR count). The molecule has 0 radical (unpaired) electrons. The molecule has 0 fully saturated rings. The van der Waals surface area contributed by atoms with E-state index in [-0.39, 0.29) is 11.2 Å². The summed E-state index contributed by atoms with van der Waals surface area (Å²) >= 11 is 0. The van der Waals surface area contributed by atoms with Crippen LogP contribution in [-0.4, -0.2) is 5.78 Å². The van der Waals surface area contributed by atoms with E-state index in [1.54, 1.807) is 6.08 Å². The summed E-state index contributed by atoms with van der Waals surface area (Å²) in [5.41, 5.74) is -0.159. The fourth-order valence-corrected chi connectivity index (χ4v) is 0.605. The summed E-state index contributed by atoms with van der Waals surface area (Å²) in [4.78, 5) is 11.2. The van der Waals surface area contributed by atoms with Gasteiger partial charge in [-0.1, -0.05) is 26.8 Å². The summed E-state index contributed by atoms with van der Waals surface area (Å²) in [5, 5.41) is 0. The zero-order valence-corrected chi connectivity index (χ0v) is 7.11. The highest BCUT2D eigenvalue weighted by atomic mass is 16.1. The molecule has 0 atom stereocenters. The molecular formula is C9H16O. The number of hydrogen-bond acceptors (Lipinski definition) is 1. The first-order chi connectivity index (χ1) is 4.54. The monoisotopic (exact) mass is 140 g/mol. The van der Waals surface area contributed by atoms with Crippen molar-refractivity contribution in [2.24, 2.45) is 5.41 Å². The number of ketones is 1. The zero-order chi connectivity index (χ0) is 8.20. The fourth-order valence-electron chi connectivity index (χ4n) is 0.605. The molecule has 0 aromatic carbocycles. The minimum atomic E-state index is -0.159. The van der Waals surface area contributed by atoms with Gasteiger partial charge in [-0.2, -0.15) is 0 Å². The predicted octanol–water partition coefficient (Wildman–Crippen LogP) is 2.57. The topological polar surface area (TPSA) is 17.1 Å². The smallest absolute Gasteiger partial charge is 0.142 e. The lowest BCUT2D eigenvalue weighted by molar-refractivity contribution is -0.126. The molecule has 58 valence electrons. The maximum Gasteiger partial charge on any atom is 0.142 e. The molecule has 1 heteroatoms. The molecule has 0 amide bonds. The van der Waals surface area contributed by atoms with Gasteiger partial charge >= 0.3 is 0 Å². The Morgan fingerprint density at radius 3 is 2.40 bits per heavy atom. The normalized spacial score (nSPS) is 11.1. The highest BCUT2D eigenvalue weighted by Crippen LogP contribution is 2.22. The van der Waals surface area contributed by atoms with Crippen LogP contribution >= 0.6 is 0 Å². The van der Waals surface area contributed by atoms with Gasteiger partial charge in [-0.05, 0) is 6.42 Å². The van der Waals surface area contributed by atoms with Crippen molar-refractivity contribution >= 4 is 5.78 Å². The SMILES string of the molecule is C=CCC(=O)C(C)(C)CC. The van der Waals surface area contributed by atoms with E-state index in [1.165, 1.54) is 0 Å². The first kappa shape index (κ1) is 9.41. The molecule has 0 spiro atoms. The largest absolute Gasteiger partial charge is 0.299 e. The van der Waals surface area contributed by atoms with E-state index in [0.29, 0.717) is 6.42 Å². The van der Waals surface area contributed by atoms with Crippen molar-refractivity contribution in [3.63, 3.8) is 0 Å². The molecule has 1 nitrogen and oxygen atoms in total. The molecule has 0 aliphatic rings. The third-order valence-electron chi connectivity index (χ3n) is 1.97. The Hall–Kier alpha value is -0.590. The van der Waals surface area contributed by atoms with Crippen molar-refractivity contribution in [1.82, 2.24) is 0 Å². The highest BCUT2D eigenvalue weighted by Gasteiger charge is 2.22. The van der Waals surface area contributed by atoms with E-state index in [1.807, 2.05) is 20.8 Å². The van der Waals surface area contributed by atoms with Crippen molar-refractivity contribution in [2.45, 2.75) is 33.6 Å². The standard InChI is InChI=1S/C9H16O/c1-5-7-8(10)9(3,4)6-2/h5H,1,6-7H2,2-4H3. The second-order valence-corrected chi connectivity index (χ2v) is 3.15. The average Bonchev–Trinajstić information content (AvgIpc) is 1.89. The van der Waals surface area contributed by atoms with Crippen molar-refractivity contribution in [2.75, 3.05) is 0 Å². The van der Waals surface area contributed by atoms with Gasteiger partial charge in [-0.25, -0.2) is 0 Å². The first-order valence-electron chi connectivity index (χ1n) is 3.68. The third-order valence-corrected chi connectivity index (χ3v) is 1.97. The number of Topliss-reactive ketones (excluding diaryl/α,β-unsaturated/α-hetero) is 1. The quantitative estimate of drug-likeness (QED) is 0.548. The Morgan fingerprint density at radius 2 is 2.10 bits per heavy atom. The average molecular weight is 140 g/mol. The molecule has 0 aromatic heterocycles. The first-order valence-corrected chi connectivity index (χ1v) is 3.68. The van der Waals surface area contributed by atoms with Crippen molar-refractivity contribution in [3.05, 3.63) is 12.7 Å². The number of carbonyl (C=O) groups excluding carboxylic acids is 1. The fraction of sp³-hybridized carbons (Fsp3) is 0.667. The van der Waals surface area contributed by atoms with Crippen LogP contribution in [0.1, 0.15) is 33.6 Å². The Morgan fingerprint density at radius 1 is 1.60 bits per heavy atom. The van der Waals surface area contributed by atoms with E-state index >= 15 is 0 Å². The zero-order valence-electron chi connectivity index (χ0n) is 7.11. The van der Waals surface area contributed by atoms with Gasteiger partial charge in [0.15, 0.2) is 0 Å². The lowest BCUT2D eigenvalue weighted by Crippen LogP contribution is -2.22. The van der Waals surface area contributed by atoms with Crippen LogP contribution in [0.5, 0.6) is 0 Å². The van der Waals surface area contributed by atoms with Crippen LogP contribution in [0.2, 0.25) is 0 Å². The summed E-state index contributed by atoms with van der Waals surface area (Å²) < 4.78 is 0. The van der Waals surface area contributed by atoms with E-state index in [9.17, 15) is 4.79 Å². The van der Waals surface area contributed by atoms with Crippen LogP contribution in [0.3, 0.4) is 0 Å². The Balaban J connectivity index is 4.03. The molecule has 0 aromatic rings. The molecule has 0 aliphatic carbocycles. The van der Waals surface area contributed by atoms with Crippen molar-refractivity contribution < 1.29 is 4.79 Å². The molecule has 0 saturated heterocycles. The van der Waals surface area contributed by atoms with Gasteiger partial charge in [0.25, 0.3) is 0 Å². The van der Waals surface area contributed by atoms with E-state index in [4.69, 9.17) is 0 Å². The lowest BCUT2D eigenvalue weighted by Gasteiger charge is -2.19. The second-order valence-electron chi connectivity index (χ2n) is 3.15. The van der Waals surface area contributed by atoms with Crippen LogP contribution in [0.25, 0.3) is 0 Å². The van der Waals surface area contributed by atoms with E-state index in [0.717, 1.165) is 6.42 Å². The Labute approximate surface area is 63.1 Å². The summed E-state index contributed by atoms with van der Waals surface area (Å²) in [5.74, 6) is 0.282. The van der Waals surface area contributed by atoms with E-state index in [2.05, 4.69) is 6.58 Å². The maximum absolute atomic E-state index is 11.2. The third kappa shape index (κ3) is 2.34. The molecule has 0 unspecified atom stereocenters. The van der Waals surface area contributed by atoms with Crippen molar-refractivity contribution in [3.8, 4) is 0 Å². The molecule has 0 heterocycles. The van der Waals surface area contributed by atoms with Crippen LogP contribution in [0.15, 0.2) is 12.7 Å². The van der Waals surface area contributed by atoms with Crippen LogP contribution in [-0.2, 0) is 4.79 Å². The Bertz CT molecular complexity index is 134. The van der Waals surface area contributed by atoms with Gasteiger partial charge in [0, 0.05) is 11.8 Å². The molecule has 0 saturated carbocycles. The number of carbonyl (C=O) groups is 1. The summed E-state index contributed by atoms with van der Waals surface area (Å²) in [6, 6.07) is 0. The summed E-state index contributed by atoms with van der Waals surface area (Å²) in [6.07, 6.45) is 3.07. The molecular weight excluding hydrogens is 124 g/mol. The molecule has 0 bridgehead atoms. The molecule has 0 N–H and O–H groups in total. The minimum Gasteiger partial charge on any atom is -0.299 e. The summed E-state index contributed by atoms with van der Waals surface area (Å²) in [6.45, 7) is 9.50. The highest BCUT2D eigenvalue weighted by molar-refractivity contribution is 5.85. The Kier molecular flexibility index (Phi) is 3.34. The van der Waals surface area contributed by atoms with Crippen LogP contribution in [0.4, 0.5) is 0 Å². The van der Waals surface area contributed by atoms with Crippen molar-refractivity contribution in [1.29, 1.82) is 0 Å². The van der Waals surface area contributed by atoms with E-state index < -0.39 is 0 Å². The van der Waals surface area contributed by atoms with Gasteiger partial charge in [0.1, 0.15) is 5.78 Å². The molecule has 0 aliphatic heterocycles. The van der Waals surface area contributed by atoms with Gasteiger partial charge in [-0.15, -0.1) is 6.58 Å². The van der Waals surface area contributed by atoms with Gasteiger partial charge < -0.3 is 0 Å². The minimum absolute atomic E-state index is 0.159.